The number of anilines is 1. The van der Waals surface area contributed by atoms with E-state index >= 15 is 0 Å². The van der Waals surface area contributed by atoms with Gasteiger partial charge >= 0.3 is 0 Å². The number of nitrogens with two attached hydrogens (primary N) is 1. The fraction of sp³-hybridized carbons (Fsp3) is 0.429. The fourth-order valence-corrected chi connectivity index (χ4v) is 3.12. The Morgan fingerprint density at radius 2 is 2.29 bits per heavy atom. The van der Waals surface area contributed by atoms with Gasteiger partial charge in [-0.15, -0.1) is 5.10 Å². The molecule has 1 aromatic carbocycles. The first kappa shape index (κ1) is 14.5. The Balaban J connectivity index is 1.82. The molecule has 21 heavy (non-hydrogen) atoms. The number of nitrogens with zero attached hydrogens (tertiary/aromatic N) is 3. The zero-order valence-electron chi connectivity index (χ0n) is 11.5. The molecule has 1 unspecified atom stereocenters. The number of rotatable bonds is 3. The second-order valence-electron chi connectivity index (χ2n) is 5.33. The molecule has 5 nitrogen and oxygen atoms in total. The Morgan fingerprint density at radius 3 is 3.05 bits per heavy atom. The molecule has 0 saturated carbocycles. The highest BCUT2D eigenvalue weighted by Gasteiger charge is 2.22. The van der Waals surface area contributed by atoms with E-state index in [2.05, 4.69) is 36.0 Å². The first-order valence-electron chi connectivity index (χ1n) is 6.99. The number of H-pyrrole nitrogens is 1. The molecule has 1 atom stereocenters. The van der Waals surface area contributed by atoms with Gasteiger partial charge in [0, 0.05) is 23.1 Å². The van der Waals surface area contributed by atoms with Crippen molar-refractivity contribution >= 4 is 21.9 Å². The molecule has 0 amide bonds. The molecule has 3 N–H and O–H groups in total. The lowest BCUT2D eigenvalue weighted by molar-refractivity contribution is 0.420. The van der Waals surface area contributed by atoms with Gasteiger partial charge in [-0.05, 0) is 43.5 Å². The van der Waals surface area contributed by atoms with E-state index in [0.29, 0.717) is 34.3 Å². The van der Waals surface area contributed by atoms with Crippen molar-refractivity contribution in [2.75, 3.05) is 24.5 Å². The van der Waals surface area contributed by atoms with Gasteiger partial charge in [0.1, 0.15) is 5.82 Å². The summed E-state index contributed by atoms with van der Waals surface area (Å²) in [6, 6.07) is 4.66. The standard InChI is InChI=1S/C14H17BrFN5/c15-11-4-10(5-12(16)6-11)13-18-14(20-19-13)21-3-1-2-9(7-17)8-21/h4-6,9H,1-3,7-8,17H2,(H,18,19,20). The molecule has 1 aliphatic heterocycles. The molecular weight excluding hydrogens is 337 g/mol. The molecule has 2 aromatic rings. The van der Waals surface area contributed by atoms with Crippen LogP contribution in [0.25, 0.3) is 11.4 Å². The number of piperidine rings is 1. The van der Waals surface area contributed by atoms with Crippen molar-refractivity contribution in [2.24, 2.45) is 11.7 Å². The second-order valence-corrected chi connectivity index (χ2v) is 6.25. The summed E-state index contributed by atoms with van der Waals surface area (Å²) in [5.74, 6) is 1.41. The SMILES string of the molecule is NCC1CCCN(c2n[nH]c(-c3cc(F)cc(Br)c3)n2)C1. The van der Waals surface area contributed by atoms with Crippen LogP contribution < -0.4 is 10.6 Å². The Hall–Kier alpha value is -1.47. The predicted octanol–water partition coefficient (Wildman–Crippen LogP) is 2.55. The Bertz CT molecular complexity index is 609. The fourth-order valence-electron chi connectivity index (χ4n) is 2.65. The summed E-state index contributed by atoms with van der Waals surface area (Å²) >= 11 is 3.28. The van der Waals surface area contributed by atoms with Crippen molar-refractivity contribution < 1.29 is 4.39 Å². The van der Waals surface area contributed by atoms with E-state index in [4.69, 9.17) is 5.73 Å². The van der Waals surface area contributed by atoms with Crippen molar-refractivity contribution in [1.29, 1.82) is 0 Å². The monoisotopic (exact) mass is 353 g/mol. The Morgan fingerprint density at radius 1 is 1.43 bits per heavy atom. The number of hydrogen-bond acceptors (Lipinski definition) is 4. The lowest BCUT2D eigenvalue weighted by atomic mass is 9.99. The second kappa shape index (κ2) is 6.11. The number of hydrogen-bond donors (Lipinski definition) is 2. The van der Waals surface area contributed by atoms with E-state index in [1.807, 2.05) is 6.07 Å². The van der Waals surface area contributed by atoms with Gasteiger partial charge in [0.25, 0.3) is 0 Å². The highest BCUT2D eigenvalue weighted by Crippen LogP contribution is 2.25. The van der Waals surface area contributed by atoms with Gasteiger partial charge in [0.05, 0.1) is 0 Å². The van der Waals surface area contributed by atoms with Crippen LogP contribution in [0.2, 0.25) is 0 Å². The van der Waals surface area contributed by atoms with E-state index in [9.17, 15) is 4.39 Å². The summed E-state index contributed by atoms with van der Waals surface area (Å²) in [7, 11) is 0. The van der Waals surface area contributed by atoms with E-state index < -0.39 is 0 Å². The van der Waals surface area contributed by atoms with Gasteiger partial charge in [-0.2, -0.15) is 4.98 Å². The van der Waals surface area contributed by atoms with E-state index in [1.165, 1.54) is 12.1 Å². The van der Waals surface area contributed by atoms with Crippen LogP contribution in [0.3, 0.4) is 0 Å². The van der Waals surface area contributed by atoms with E-state index in [-0.39, 0.29) is 5.82 Å². The van der Waals surface area contributed by atoms with Gasteiger partial charge < -0.3 is 10.6 Å². The smallest absolute Gasteiger partial charge is 0.245 e. The summed E-state index contributed by atoms with van der Waals surface area (Å²) in [5, 5.41) is 7.14. The number of aromatic nitrogens is 3. The quantitative estimate of drug-likeness (QED) is 0.889. The number of nitrogens with one attached hydrogen (secondary N) is 1. The van der Waals surface area contributed by atoms with Gasteiger partial charge in [-0.3, -0.25) is 5.10 Å². The molecule has 0 aliphatic carbocycles. The minimum Gasteiger partial charge on any atom is -0.339 e. The maximum absolute atomic E-state index is 13.5. The lowest BCUT2D eigenvalue weighted by Gasteiger charge is -2.31. The van der Waals surface area contributed by atoms with Crippen LogP contribution in [0.1, 0.15) is 12.8 Å². The minimum absolute atomic E-state index is 0.307. The lowest BCUT2D eigenvalue weighted by Crippen LogP contribution is -2.38. The van der Waals surface area contributed by atoms with Crippen molar-refractivity contribution in [3.05, 3.63) is 28.5 Å². The third-order valence-corrected chi connectivity index (χ3v) is 4.20. The van der Waals surface area contributed by atoms with Crippen molar-refractivity contribution in [1.82, 2.24) is 15.2 Å². The molecule has 0 spiro atoms. The minimum atomic E-state index is -0.307. The van der Waals surface area contributed by atoms with Crippen LogP contribution in [-0.4, -0.2) is 34.8 Å². The molecule has 1 aromatic heterocycles. The largest absolute Gasteiger partial charge is 0.339 e. The van der Waals surface area contributed by atoms with Crippen LogP contribution in [-0.2, 0) is 0 Å². The van der Waals surface area contributed by atoms with Crippen LogP contribution in [0, 0.1) is 11.7 Å². The van der Waals surface area contributed by atoms with Crippen LogP contribution in [0.15, 0.2) is 22.7 Å². The highest BCUT2D eigenvalue weighted by molar-refractivity contribution is 9.10. The van der Waals surface area contributed by atoms with Crippen molar-refractivity contribution in [2.45, 2.75) is 12.8 Å². The zero-order valence-corrected chi connectivity index (χ0v) is 13.1. The predicted molar refractivity (Wildman–Crippen MR) is 83.5 cm³/mol. The summed E-state index contributed by atoms with van der Waals surface area (Å²) < 4.78 is 14.1. The van der Waals surface area contributed by atoms with Crippen LogP contribution in [0.4, 0.5) is 10.3 Å². The maximum Gasteiger partial charge on any atom is 0.245 e. The van der Waals surface area contributed by atoms with Gasteiger partial charge in [-0.1, -0.05) is 15.9 Å². The first-order valence-corrected chi connectivity index (χ1v) is 7.79. The molecule has 7 heteroatoms. The molecule has 0 radical (unpaired) electrons. The van der Waals surface area contributed by atoms with Crippen molar-refractivity contribution in [3.63, 3.8) is 0 Å². The number of benzene rings is 1. The van der Waals surface area contributed by atoms with E-state index in [0.717, 1.165) is 25.9 Å². The van der Waals surface area contributed by atoms with Gasteiger partial charge in [0.15, 0.2) is 5.82 Å². The number of aromatic amines is 1. The summed E-state index contributed by atoms with van der Waals surface area (Å²) in [5.41, 5.74) is 6.43. The van der Waals surface area contributed by atoms with Gasteiger partial charge in [-0.25, -0.2) is 4.39 Å². The van der Waals surface area contributed by atoms with Crippen molar-refractivity contribution in [3.8, 4) is 11.4 Å². The summed E-state index contributed by atoms with van der Waals surface area (Å²) in [4.78, 5) is 6.62. The zero-order chi connectivity index (χ0) is 14.8. The molecule has 112 valence electrons. The van der Waals surface area contributed by atoms with E-state index in [1.54, 1.807) is 0 Å². The summed E-state index contributed by atoms with van der Waals surface area (Å²) in [6.07, 6.45) is 2.25. The molecule has 1 fully saturated rings. The normalized spacial score (nSPS) is 19.0. The molecule has 3 rings (SSSR count). The third kappa shape index (κ3) is 3.24. The Kier molecular flexibility index (Phi) is 4.21. The molecule has 2 heterocycles. The highest BCUT2D eigenvalue weighted by atomic mass is 79.9. The average Bonchev–Trinajstić information content (AvgIpc) is 2.96. The Labute approximate surface area is 130 Å². The molecule has 1 aliphatic rings. The van der Waals surface area contributed by atoms with Crippen LogP contribution in [0.5, 0.6) is 0 Å². The maximum atomic E-state index is 13.5. The molecular formula is C14H17BrFN5. The average molecular weight is 354 g/mol. The van der Waals surface area contributed by atoms with Crippen LogP contribution >= 0.6 is 15.9 Å². The first-order chi connectivity index (χ1) is 10.2. The van der Waals surface area contributed by atoms with Gasteiger partial charge in [0.2, 0.25) is 5.95 Å². The summed E-state index contributed by atoms with van der Waals surface area (Å²) in [6.45, 7) is 2.49. The molecule has 0 bridgehead atoms. The molecule has 1 saturated heterocycles. The topological polar surface area (TPSA) is 70.8 Å². The number of halogens is 2. The third-order valence-electron chi connectivity index (χ3n) is 3.74.